The summed E-state index contributed by atoms with van der Waals surface area (Å²) < 4.78 is 15.2. The zero-order chi connectivity index (χ0) is 18.4. The summed E-state index contributed by atoms with van der Waals surface area (Å²) in [6.07, 6.45) is 3.98. The molecule has 2 saturated heterocycles. The van der Waals surface area contributed by atoms with Gasteiger partial charge in [-0.25, -0.2) is 9.07 Å². The lowest BCUT2D eigenvalue weighted by Gasteiger charge is -2.39. The fourth-order valence-corrected chi connectivity index (χ4v) is 4.68. The highest BCUT2D eigenvalue weighted by Gasteiger charge is 2.43. The molecule has 1 amide bonds. The molecule has 0 aliphatic carbocycles. The number of nitrogens with zero attached hydrogens (tertiary/aromatic N) is 3. The standard InChI is InChI=1S/C20H25FN4O/c1-12-7-14(3-6-18(12)21)15-9-16-4-5-17(10-15)25(16)20(26)11-24-19(22)8-13(2)23-24/h3,6-8,15-17H,4-5,9-11,22H2,1-2H3/t15?,16-,17+. The minimum atomic E-state index is -0.156. The summed E-state index contributed by atoms with van der Waals surface area (Å²) >= 11 is 0. The number of benzene rings is 1. The number of halogens is 1. The highest BCUT2D eigenvalue weighted by molar-refractivity contribution is 5.77. The Bertz CT molecular complexity index is 832. The van der Waals surface area contributed by atoms with Crippen molar-refractivity contribution in [1.29, 1.82) is 0 Å². The van der Waals surface area contributed by atoms with Gasteiger partial charge in [-0.2, -0.15) is 5.10 Å². The average molecular weight is 356 g/mol. The average Bonchev–Trinajstić information content (AvgIpc) is 3.05. The molecule has 1 unspecified atom stereocenters. The van der Waals surface area contributed by atoms with Crippen LogP contribution in [0.15, 0.2) is 24.3 Å². The van der Waals surface area contributed by atoms with Gasteiger partial charge in [-0.3, -0.25) is 4.79 Å². The van der Waals surface area contributed by atoms with E-state index in [0.717, 1.165) is 31.4 Å². The molecule has 2 fully saturated rings. The molecule has 2 aliphatic rings. The zero-order valence-corrected chi connectivity index (χ0v) is 15.3. The smallest absolute Gasteiger partial charge is 0.244 e. The number of piperidine rings is 1. The molecule has 26 heavy (non-hydrogen) atoms. The predicted octanol–water partition coefficient (Wildman–Crippen LogP) is 3.16. The normalized spacial score (nSPS) is 24.9. The van der Waals surface area contributed by atoms with Gasteiger partial charge in [0.15, 0.2) is 0 Å². The molecule has 0 radical (unpaired) electrons. The fraction of sp³-hybridized carbons (Fsp3) is 0.500. The number of rotatable bonds is 3. The Morgan fingerprint density at radius 3 is 2.50 bits per heavy atom. The van der Waals surface area contributed by atoms with Crippen molar-refractivity contribution in [3.8, 4) is 0 Å². The molecular weight excluding hydrogens is 331 g/mol. The van der Waals surface area contributed by atoms with E-state index < -0.39 is 0 Å². The van der Waals surface area contributed by atoms with Crippen molar-refractivity contribution in [2.75, 3.05) is 5.73 Å². The molecule has 2 N–H and O–H groups in total. The third-order valence-corrected chi connectivity index (χ3v) is 5.89. The quantitative estimate of drug-likeness (QED) is 0.919. The third kappa shape index (κ3) is 2.97. The second kappa shape index (κ2) is 6.41. The summed E-state index contributed by atoms with van der Waals surface area (Å²) in [6, 6.07) is 7.73. The highest BCUT2D eigenvalue weighted by Crippen LogP contribution is 2.43. The number of nitrogen functional groups attached to an aromatic ring is 1. The van der Waals surface area contributed by atoms with Crippen molar-refractivity contribution >= 4 is 11.7 Å². The third-order valence-electron chi connectivity index (χ3n) is 5.89. The van der Waals surface area contributed by atoms with Crippen molar-refractivity contribution in [3.05, 3.63) is 46.9 Å². The summed E-state index contributed by atoms with van der Waals surface area (Å²) in [4.78, 5) is 15.0. The lowest BCUT2D eigenvalue weighted by molar-refractivity contribution is -0.136. The number of fused-ring (bicyclic) bond motifs is 2. The first-order chi connectivity index (χ1) is 12.4. The van der Waals surface area contributed by atoms with E-state index in [-0.39, 0.29) is 30.4 Å². The maximum absolute atomic E-state index is 13.6. The summed E-state index contributed by atoms with van der Waals surface area (Å²) in [5.74, 6) is 0.866. The van der Waals surface area contributed by atoms with Crippen LogP contribution in [0.4, 0.5) is 10.2 Å². The van der Waals surface area contributed by atoms with Gasteiger partial charge in [0.1, 0.15) is 18.2 Å². The van der Waals surface area contributed by atoms with E-state index in [1.165, 1.54) is 5.56 Å². The van der Waals surface area contributed by atoms with Gasteiger partial charge in [-0.15, -0.1) is 0 Å². The zero-order valence-electron chi connectivity index (χ0n) is 15.3. The number of amides is 1. The van der Waals surface area contributed by atoms with Crippen LogP contribution in [-0.2, 0) is 11.3 Å². The summed E-state index contributed by atoms with van der Waals surface area (Å²) in [6.45, 7) is 3.88. The number of aromatic nitrogens is 2. The number of aryl methyl sites for hydroxylation is 2. The van der Waals surface area contributed by atoms with E-state index >= 15 is 0 Å². The van der Waals surface area contributed by atoms with Gasteiger partial charge in [0.25, 0.3) is 0 Å². The lowest BCUT2D eigenvalue weighted by Crippen LogP contribution is -2.47. The van der Waals surface area contributed by atoms with E-state index in [4.69, 9.17) is 5.73 Å². The molecule has 2 aromatic rings. The summed E-state index contributed by atoms with van der Waals surface area (Å²) in [5.41, 5.74) is 8.64. The number of nitrogens with two attached hydrogens (primary N) is 1. The topological polar surface area (TPSA) is 64.2 Å². The molecule has 1 aromatic heterocycles. The monoisotopic (exact) mass is 356 g/mol. The lowest BCUT2D eigenvalue weighted by atomic mass is 9.84. The maximum atomic E-state index is 13.6. The minimum absolute atomic E-state index is 0.0982. The molecule has 0 spiro atoms. The van der Waals surface area contributed by atoms with Crippen LogP contribution in [0.3, 0.4) is 0 Å². The fourth-order valence-electron chi connectivity index (χ4n) is 4.68. The number of hydrogen-bond acceptors (Lipinski definition) is 3. The van der Waals surface area contributed by atoms with E-state index in [9.17, 15) is 9.18 Å². The van der Waals surface area contributed by atoms with Crippen molar-refractivity contribution < 1.29 is 9.18 Å². The molecule has 1 aromatic carbocycles. The second-order valence-corrected chi connectivity index (χ2v) is 7.73. The van der Waals surface area contributed by atoms with Gasteiger partial charge in [0, 0.05) is 18.2 Å². The largest absolute Gasteiger partial charge is 0.384 e. The van der Waals surface area contributed by atoms with Gasteiger partial charge in [-0.1, -0.05) is 12.1 Å². The number of carbonyl (C=O) groups excluding carboxylic acids is 1. The molecule has 0 saturated carbocycles. The van der Waals surface area contributed by atoms with Crippen molar-refractivity contribution in [2.24, 2.45) is 0 Å². The number of hydrogen-bond donors (Lipinski definition) is 1. The summed E-state index contributed by atoms with van der Waals surface area (Å²) in [5, 5.41) is 4.30. The Labute approximate surface area is 153 Å². The molecular formula is C20H25FN4O. The van der Waals surface area contributed by atoms with Gasteiger partial charge in [-0.05, 0) is 62.6 Å². The SMILES string of the molecule is Cc1cc(N)n(CC(=O)N2[C@@H]3CC[C@H]2CC(c2ccc(F)c(C)c2)C3)n1. The van der Waals surface area contributed by atoms with Crippen LogP contribution in [0.5, 0.6) is 0 Å². The van der Waals surface area contributed by atoms with Crippen LogP contribution in [0.2, 0.25) is 0 Å². The van der Waals surface area contributed by atoms with Gasteiger partial charge < -0.3 is 10.6 Å². The van der Waals surface area contributed by atoms with E-state index in [1.807, 2.05) is 26.0 Å². The molecule has 138 valence electrons. The first-order valence-corrected chi connectivity index (χ1v) is 9.29. The predicted molar refractivity (Wildman–Crippen MR) is 98.1 cm³/mol. The van der Waals surface area contributed by atoms with Crippen LogP contribution in [0.1, 0.15) is 48.4 Å². The second-order valence-electron chi connectivity index (χ2n) is 7.73. The Morgan fingerprint density at radius 1 is 1.23 bits per heavy atom. The molecule has 4 rings (SSSR count). The molecule has 2 bridgehead atoms. The van der Waals surface area contributed by atoms with Crippen molar-refractivity contribution in [1.82, 2.24) is 14.7 Å². The van der Waals surface area contributed by atoms with E-state index in [0.29, 0.717) is 17.3 Å². The van der Waals surface area contributed by atoms with Crippen LogP contribution >= 0.6 is 0 Å². The summed E-state index contributed by atoms with van der Waals surface area (Å²) in [7, 11) is 0. The van der Waals surface area contributed by atoms with E-state index in [1.54, 1.807) is 16.8 Å². The minimum Gasteiger partial charge on any atom is -0.384 e. The highest BCUT2D eigenvalue weighted by atomic mass is 19.1. The number of anilines is 1. The Hall–Kier alpha value is -2.37. The van der Waals surface area contributed by atoms with Gasteiger partial charge in [0.05, 0.1) is 5.69 Å². The van der Waals surface area contributed by atoms with Gasteiger partial charge >= 0.3 is 0 Å². The molecule has 3 heterocycles. The van der Waals surface area contributed by atoms with Crippen LogP contribution < -0.4 is 5.73 Å². The number of carbonyl (C=O) groups is 1. The van der Waals surface area contributed by atoms with Crippen LogP contribution in [-0.4, -0.2) is 32.7 Å². The maximum Gasteiger partial charge on any atom is 0.244 e. The first kappa shape index (κ1) is 17.1. The van der Waals surface area contributed by atoms with Crippen molar-refractivity contribution in [3.63, 3.8) is 0 Å². The molecule has 3 atom stereocenters. The van der Waals surface area contributed by atoms with Crippen LogP contribution in [0, 0.1) is 19.7 Å². The molecule has 5 nitrogen and oxygen atoms in total. The molecule has 6 heteroatoms. The Balaban J connectivity index is 1.49. The first-order valence-electron chi connectivity index (χ1n) is 9.29. The molecule has 2 aliphatic heterocycles. The Kier molecular flexibility index (Phi) is 4.21. The van der Waals surface area contributed by atoms with E-state index in [2.05, 4.69) is 10.00 Å². The van der Waals surface area contributed by atoms with Gasteiger partial charge in [0.2, 0.25) is 5.91 Å². The van der Waals surface area contributed by atoms with Crippen molar-refractivity contribution in [2.45, 2.75) is 64.1 Å². The Morgan fingerprint density at radius 2 is 1.92 bits per heavy atom. The van der Waals surface area contributed by atoms with Crippen LogP contribution in [0.25, 0.3) is 0 Å².